The smallest absolute Gasteiger partial charge is 0.116 e. The molecular weight excluding hydrogens is 100 g/mol. The lowest BCUT2D eigenvalue weighted by molar-refractivity contribution is -0.839. The van der Waals surface area contributed by atoms with E-state index < -0.39 is 0 Å². The van der Waals surface area contributed by atoms with Crippen LogP contribution in [0.15, 0.2) is 24.3 Å². The summed E-state index contributed by atoms with van der Waals surface area (Å²) in [6, 6.07) is 0.287. The molecule has 0 aromatic carbocycles. The number of nitrogens with one attached hydrogen (secondary N) is 2. The van der Waals surface area contributed by atoms with Crippen LogP contribution in [0.1, 0.15) is 0 Å². The lowest BCUT2D eigenvalue weighted by Gasteiger charge is -2.19. The fraction of sp³-hybridized carbons (Fsp3) is 0.333. The Balaban J connectivity index is 2.49. The van der Waals surface area contributed by atoms with Crippen molar-refractivity contribution in [2.45, 2.75) is 6.04 Å². The molecule has 1 aliphatic rings. The van der Waals surface area contributed by atoms with E-state index in [4.69, 9.17) is 5.84 Å². The predicted octanol–water partition coefficient (Wildman–Crippen LogP) is -0.0371. The Morgan fingerprint density at radius 1 is 1.38 bits per heavy atom. The summed E-state index contributed by atoms with van der Waals surface area (Å²) >= 11 is 0. The zero-order valence-corrected chi connectivity index (χ0v) is 4.89. The zero-order valence-electron chi connectivity index (χ0n) is 4.89. The highest BCUT2D eigenvalue weighted by atomic mass is 15.4. The van der Waals surface area contributed by atoms with Crippen LogP contribution in [0.3, 0.4) is 0 Å². The van der Waals surface area contributed by atoms with Gasteiger partial charge in [-0.1, -0.05) is 12.2 Å². The largest absolute Gasteiger partial charge is 0.469 e. The van der Waals surface area contributed by atoms with Gasteiger partial charge >= 0.3 is 0 Å². The Kier molecular flexibility index (Phi) is 1.46. The van der Waals surface area contributed by atoms with Crippen LogP contribution in [0.5, 0.6) is 0 Å². The standard InChI is InChI=1S/C6H10N2/c1-8(7)6-4-2-3-5-6/h2-8H,1H3. The maximum atomic E-state index is 7.19. The Labute approximate surface area is 49.2 Å². The molecule has 0 bridgehead atoms. The quantitative estimate of drug-likeness (QED) is 0.459. The topological polar surface area (TPSA) is 28.2 Å². The van der Waals surface area contributed by atoms with Gasteiger partial charge in [0, 0.05) is 0 Å². The summed E-state index contributed by atoms with van der Waals surface area (Å²) in [7, 11) is 1.82. The monoisotopic (exact) mass is 110 g/mol. The van der Waals surface area contributed by atoms with Gasteiger partial charge in [0.1, 0.15) is 6.04 Å². The van der Waals surface area contributed by atoms with E-state index in [1.165, 1.54) is 0 Å². The third-order valence-electron chi connectivity index (χ3n) is 1.25. The highest BCUT2D eigenvalue weighted by molar-refractivity contribution is 5.18. The van der Waals surface area contributed by atoms with Crippen LogP contribution in [0.25, 0.3) is 5.84 Å². The third-order valence-corrected chi connectivity index (χ3v) is 1.25. The Morgan fingerprint density at radius 2 is 1.88 bits per heavy atom. The average Bonchev–Trinajstić information content (AvgIpc) is 2.12. The summed E-state index contributed by atoms with van der Waals surface area (Å²) in [4.78, 5) is 0. The average molecular weight is 110 g/mol. The molecule has 2 nitrogen and oxygen atoms in total. The first-order valence-corrected chi connectivity index (χ1v) is 2.71. The van der Waals surface area contributed by atoms with Gasteiger partial charge in [-0.25, -0.2) is 0 Å². The van der Waals surface area contributed by atoms with Gasteiger partial charge in [-0.05, 0) is 12.2 Å². The van der Waals surface area contributed by atoms with Crippen molar-refractivity contribution in [3.05, 3.63) is 30.1 Å². The summed E-state index contributed by atoms with van der Waals surface area (Å²) < 4.78 is 0. The van der Waals surface area contributed by atoms with Crippen molar-refractivity contribution in [3.63, 3.8) is 0 Å². The molecule has 0 aromatic heterocycles. The van der Waals surface area contributed by atoms with Crippen molar-refractivity contribution >= 4 is 0 Å². The maximum Gasteiger partial charge on any atom is 0.116 e. The van der Waals surface area contributed by atoms with Gasteiger partial charge in [0.05, 0.1) is 7.05 Å². The van der Waals surface area contributed by atoms with Gasteiger partial charge in [0.2, 0.25) is 0 Å². The van der Waals surface area contributed by atoms with E-state index in [0.29, 0.717) is 0 Å². The second-order valence-electron chi connectivity index (χ2n) is 1.98. The van der Waals surface area contributed by atoms with Gasteiger partial charge in [0.15, 0.2) is 0 Å². The van der Waals surface area contributed by atoms with Crippen LogP contribution in [0, 0.1) is 0 Å². The second-order valence-corrected chi connectivity index (χ2v) is 1.98. The minimum atomic E-state index is 0.287. The first kappa shape index (κ1) is 5.54. The molecule has 8 heavy (non-hydrogen) atoms. The Morgan fingerprint density at radius 3 is 2.12 bits per heavy atom. The van der Waals surface area contributed by atoms with Crippen molar-refractivity contribution in [1.82, 2.24) is 0 Å². The first-order chi connectivity index (χ1) is 3.80. The molecule has 1 unspecified atom stereocenters. The molecule has 0 spiro atoms. The van der Waals surface area contributed by atoms with Crippen LogP contribution in [0.4, 0.5) is 0 Å². The van der Waals surface area contributed by atoms with Crippen molar-refractivity contribution < 1.29 is 5.01 Å². The molecule has 1 aliphatic carbocycles. The molecule has 0 saturated heterocycles. The summed E-state index contributed by atoms with van der Waals surface area (Å²) in [5.41, 5.74) is 0. The van der Waals surface area contributed by atoms with Crippen LogP contribution in [-0.4, -0.2) is 13.1 Å². The van der Waals surface area contributed by atoms with Gasteiger partial charge in [-0.15, -0.1) is 0 Å². The molecule has 44 valence electrons. The molecule has 0 radical (unpaired) electrons. The normalized spacial score (nSPS) is 22.2. The van der Waals surface area contributed by atoms with E-state index in [0.717, 1.165) is 5.01 Å². The molecule has 1 atom stereocenters. The van der Waals surface area contributed by atoms with E-state index >= 15 is 0 Å². The molecule has 2 N–H and O–H groups in total. The van der Waals surface area contributed by atoms with Gasteiger partial charge in [-0.2, -0.15) is 0 Å². The molecule has 2 heteroatoms. The summed E-state index contributed by atoms with van der Waals surface area (Å²) in [5, 5.41) is 0.718. The first-order valence-electron chi connectivity index (χ1n) is 2.71. The second kappa shape index (κ2) is 2.11. The zero-order chi connectivity index (χ0) is 5.98. The Hall–Kier alpha value is -0.600. The lowest BCUT2D eigenvalue weighted by Crippen LogP contribution is -3.05. The molecule has 0 heterocycles. The van der Waals surface area contributed by atoms with Crippen molar-refractivity contribution in [3.8, 4) is 0 Å². The summed E-state index contributed by atoms with van der Waals surface area (Å²) in [6.45, 7) is 0. The van der Waals surface area contributed by atoms with E-state index in [1.54, 1.807) is 0 Å². The fourth-order valence-corrected chi connectivity index (χ4v) is 0.721. The molecule has 0 amide bonds. The van der Waals surface area contributed by atoms with E-state index in [1.807, 2.05) is 31.4 Å². The number of quaternary nitrogens is 1. The maximum absolute atomic E-state index is 7.19. The highest BCUT2D eigenvalue weighted by Crippen LogP contribution is 1.93. The minimum absolute atomic E-state index is 0.287. The molecular formula is C6H10N2. The lowest BCUT2D eigenvalue weighted by atomic mass is 10.3. The van der Waals surface area contributed by atoms with Crippen LogP contribution in [0.2, 0.25) is 0 Å². The van der Waals surface area contributed by atoms with Gasteiger partial charge < -0.3 is 10.9 Å². The van der Waals surface area contributed by atoms with Crippen molar-refractivity contribution in [2.24, 2.45) is 0 Å². The van der Waals surface area contributed by atoms with Crippen molar-refractivity contribution in [1.29, 1.82) is 0 Å². The molecule has 1 rings (SSSR count). The number of allylic oxidation sites excluding steroid dienone is 2. The predicted molar refractivity (Wildman–Crippen MR) is 33.3 cm³/mol. The van der Waals surface area contributed by atoms with Crippen molar-refractivity contribution in [2.75, 3.05) is 7.05 Å². The number of rotatable bonds is 1. The number of hydrogen-bond acceptors (Lipinski definition) is 0. The number of hydrogen-bond donors (Lipinski definition) is 1. The molecule has 0 fully saturated rings. The van der Waals surface area contributed by atoms with Crippen LogP contribution >= 0.6 is 0 Å². The molecule has 0 saturated carbocycles. The molecule has 0 aliphatic heterocycles. The molecule has 0 aromatic rings. The van der Waals surface area contributed by atoms with E-state index in [2.05, 4.69) is 0 Å². The number of likely N-dealkylation sites (N-methyl/N-ethyl adjacent to an activating group) is 1. The van der Waals surface area contributed by atoms with Crippen LogP contribution in [-0.2, 0) is 0 Å². The Bertz CT molecular complexity index is 112. The van der Waals surface area contributed by atoms with Gasteiger partial charge in [0.25, 0.3) is 0 Å². The van der Waals surface area contributed by atoms with Crippen LogP contribution < -0.4 is 5.01 Å². The summed E-state index contributed by atoms with van der Waals surface area (Å²) in [6.07, 6.45) is 7.98. The fourth-order valence-electron chi connectivity index (χ4n) is 0.721. The third kappa shape index (κ3) is 0.967. The van der Waals surface area contributed by atoms with Gasteiger partial charge in [-0.3, -0.25) is 0 Å². The SMILES string of the molecule is C[NH+]([NH-])C1C=CC=C1. The highest BCUT2D eigenvalue weighted by Gasteiger charge is 2.03. The minimum Gasteiger partial charge on any atom is -0.469 e. The van der Waals surface area contributed by atoms with E-state index in [-0.39, 0.29) is 6.04 Å². The van der Waals surface area contributed by atoms with E-state index in [9.17, 15) is 0 Å². The summed E-state index contributed by atoms with van der Waals surface area (Å²) in [5.74, 6) is 7.19.